The highest BCUT2D eigenvalue weighted by Crippen LogP contribution is 2.31. The minimum atomic E-state index is -0.127. The number of aromatic amines is 1. The first kappa shape index (κ1) is 13.8. The Morgan fingerprint density at radius 2 is 2.23 bits per heavy atom. The molecule has 2 bridgehead atoms. The van der Waals surface area contributed by atoms with Crippen LogP contribution in [0.15, 0.2) is 12.4 Å². The zero-order chi connectivity index (χ0) is 15.3. The van der Waals surface area contributed by atoms with E-state index in [-0.39, 0.29) is 11.9 Å². The summed E-state index contributed by atoms with van der Waals surface area (Å²) in [5, 5.41) is 3.53. The van der Waals surface area contributed by atoms with E-state index in [0.29, 0.717) is 33.2 Å². The highest BCUT2D eigenvalue weighted by molar-refractivity contribution is 6.35. The van der Waals surface area contributed by atoms with Crippen molar-refractivity contribution >= 4 is 34.2 Å². The maximum atomic E-state index is 12.7. The maximum Gasteiger partial charge on any atom is 0.253 e. The number of rotatable bonds is 2. The van der Waals surface area contributed by atoms with Gasteiger partial charge in [-0.25, -0.2) is 4.98 Å². The van der Waals surface area contributed by atoms with Crippen molar-refractivity contribution < 1.29 is 4.79 Å². The lowest BCUT2D eigenvalue weighted by Crippen LogP contribution is -2.57. The highest BCUT2D eigenvalue weighted by Gasteiger charge is 2.35. The van der Waals surface area contributed by atoms with Crippen LogP contribution < -0.4 is 11.1 Å². The molecule has 0 saturated carbocycles. The number of nitrogen functional groups attached to an aromatic ring is 1. The molecule has 3 aliphatic heterocycles. The standard InChI is InChI=1S/C15H18ClN5O/c16-10-5-9(13-14(12(10)17)19-7-18-13)15(22)20-11-6-21-3-1-8(11)2-4-21/h5,7-8,11H,1-4,6,17H2,(H,18,19)(H,20,22)/t11-/m1/s1. The highest BCUT2D eigenvalue weighted by atomic mass is 35.5. The number of hydrogen-bond donors (Lipinski definition) is 3. The molecule has 1 amide bonds. The van der Waals surface area contributed by atoms with Crippen LogP contribution >= 0.6 is 11.6 Å². The van der Waals surface area contributed by atoms with Crippen LogP contribution in [0.1, 0.15) is 23.2 Å². The van der Waals surface area contributed by atoms with Gasteiger partial charge in [-0.15, -0.1) is 0 Å². The fourth-order valence-corrected chi connectivity index (χ4v) is 3.85. The molecule has 4 N–H and O–H groups in total. The molecule has 6 nitrogen and oxygen atoms in total. The molecule has 5 rings (SSSR count). The van der Waals surface area contributed by atoms with Gasteiger partial charge in [-0.05, 0) is 37.9 Å². The average molecular weight is 320 g/mol. The number of piperidine rings is 3. The van der Waals surface area contributed by atoms with Gasteiger partial charge in [0.05, 0.1) is 28.1 Å². The summed E-state index contributed by atoms with van der Waals surface area (Å²) in [5.41, 5.74) is 8.01. The van der Waals surface area contributed by atoms with E-state index in [2.05, 4.69) is 20.2 Å². The van der Waals surface area contributed by atoms with E-state index in [0.717, 1.165) is 32.5 Å². The molecular weight excluding hydrogens is 302 g/mol. The number of fused-ring (bicyclic) bond motifs is 4. The van der Waals surface area contributed by atoms with Crippen molar-refractivity contribution in [3.63, 3.8) is 0 Å². The van der Waals surface area contributed by atoms with Gasteiger partial charge >= 0.3 is 0 Å². The van der Waals surface area contributed by atoms with E-state index < -0.39 is 0 Å². The van der Waals surface area contributed by atoms with Crippen LogP contribution in [0, 0.1) is 5.92 Å². The van der Waals surface area contributed by atoms with Crippen LogP contribution in [0.2, 0.25) is 5.02 Å². The van der Waals surface area contributed by atoms with E-state index >= 15 is 0 Å². The first-order valence-electron chi connectivity index (χ1n) is 7.58. The second-order valence-electron chi connectivity index (χ2n) is 6.16. The van der Waals surface area contributed by atoms with E-state index in [1.807, 2.05) is 0 Å². The molecule has 0 radical (unpaired) electrons. The van der Waals surface area contributed by atoms with Gasteiger partial charge in [0, 0.05) is 12.6 Å². The molecule has 3 fully saturated rings. The zero-order valence-electron chi connectivity index (χ0n) is 12.1. The molecule has 1 aromatic heterocycles. The van der Waals surface area contributed by atoms with Gasteiger partial charge in [0.25, 0.3) is 5.91 Å². The Hall–Kier alpha value is -1.79. The van der Waals surface area contributed by atoms with Crippen LogP contribution in [-0.4, -0.2) is 46.5 Å². The Balaban J connectivity index is 1.63. The molecule has 1 atom stereocenters. The molecule has 4 heterocycles. The summed E-state index contributed by atoms with van der Waals surface area (Å²) in [6.07, 6.45) is 3.85. The number of amides is 1. The Morgan fingerprint density at radius 3 is 2.91 bits per heavy atom. The molecule has 3 aliphatic rings. The minimum absolute atomic E-state index is 0.127. The van der Waals surface area contributed by atoms with Crippen molar-refractivity contribution in [1.82, 2.24) is 20.2 Å². The number of hydrogen-bond acceptors (Lipinski definition) is 4. The number of anilines is 1. The van der Waals surface area contributed by atoms with E-state index in [1.54, 1.807) is 6.07 Å². The molecule has 2 aromatic rings. The van der Waals surface area contributed by atoms with Crippen molar-refractivity contribution in [2.45, 2.75) is 18.9 Å². The fourth-order valence-electron chi connectivity index (χ4n) is 3.64. The van der Waals surface area contributed by atoms with Crippen LogP contribution in [0.5, 0.6) is 0 Å². The molecule has 3 saturated heterocycles. The summed E-state index contributed by atoms with van der Waals surface area (Å²) < 4.78 is 0. The molecule has 7 heteroatoms. The average Bonchev–Trinajstić information content (AvgIpc) is 3.02. The Morgan fingerprint density at radius 1 is 1.45 bits per heavy atom. The van der Waals surface area contributed by atoms with Crippen LogP contribution in [0.4, 0.5) is 5.69 Å². The number of carbonyl (C=O) groups is 1. The number of carbonyl (C=O) groups excluding carboxylic acids is 1. The van der Waals surface area contributed by atoms with E-state index in [9.17, 15) is 4.79 Å². The second-order valence-corrected chi connectivity index (χ2v) is 6.57. The lowest BCUT2D eigenvalue weighted by molar-refractivity contribution is 0.0621. The van der Waals surface area contributed by atoms with Crippen molar-refractivity contribution in [2.75, 3.05) is 25.4 Å². The minimum Gasteiger partial charge on any atom is -0.396 e. The number of nitrogens with one attached hydrogen (secondary N) is 2. The van der Waals surface area contributed by atoms with Gasteiger partial charge in [-0.3, -0.25) is 4.79 Å². The smallest absolute Gasteiger partial charge is 0.253 e. The summed E-state index contributed by atoms with van der Waals surface area (Å²) in [5.74, 6) is 0.450. The van der Waals surface area contributed by atoms with Gasteiger partial charge < -0.3 is 20.9 Å². The Kier molecular flexibility index (Phi) is 3.23. The van der Waals surface area contributed by atoms with E-state index in [1.165, 1.54) is 6.33 Å². The zero-order valence-corrected chi connectivity index (χ0v) is 12.9. The third kappa shape index (κ3) is 2.14. The first-order valence-corrected chi connectivity index (χ1v) is 7.95. The summed E-state index contributed by atoms with van der Waals surface area (Å²) in [6, 6.07) is 1.82. The number of aromatic nitrogens is 2. The van der Waals surface area contributed by atoms with Crippen molar-refractivity contribution in [3.8, 4) is 0 Å². The first-order chi connectivity index (χ1) is 10.6. The molecule has 22 heavy (non-hydrogen) atoms. The third-order valence-corrected chi connectivity index (χ3v) is 5.22. The molecule has 0 aliphatic carbocycles. The van der Waals surface area contributed by atoms with Gasteiger partial charge in [0.15, 0.2) is 0 Å². The molecule has 0 spiro atoms. The number of nitrogens with two attached hydrogens (primary N) is 1. The lowest BCUT2D eigenvalue weighted by Gasteiger charge is -2.44. The summed E-state index contributed by atoms with van der Waals surface area (Å²) in [4.78, 5) is 22.3. The summed E-state index contributed by atoms with van der Waals surface area (Å²) >= 11 is 6.14. The van der Waals surface area contributed by atoms with Crippen molar-refractivity contribution in [3.05, 3.63) is 23.0 Å². The monoisotopic (exact) mass is 319 g/mol. The van der Waals surface area contributed by atoms with Gasteiger partial charge in [0.2, 0.25) is 0 Å². The van der Waals surface area contributed by atoms with E-state index in [4.69, 9.17) is 17.3 Å². The lowest BCUT2D eigenvalue weighted by atomic mass is 9.84. The number of imidazole rings is 1. The van der Waals surface area contributed by atoms with Crippen LogP contribution in [-0.2, 0) is 0 Å². The number of benzene rings is 1. The van der Waals surface area contributed by atoms with Gasteiger partial charge in [0.1, 0.15) is 5.52 Å². The van der Waals surface area contributed by atoms with Gasteiger partial charge in [-0.2, -0.15) is 0 Å². The van der Waals surface area contributed by atoms with Crippen LogP contribution in [0.3, 0.4) is 0 Å². The topological polar surface area (TPSA) is 87.0 Å². The van der Waals surface area contributed by atoms with Crippen molar-refractivity contribution in [1.29, 1.82) is 0 Å². The third-order valence-electron chi connectivity index (χ3n) is 4.91. The molecule has 1 aromatic carbocycles. The normalized spacial score (nSPS) is 27.2. The SMILES string of the molecule is Nc1c(Cl)cc(C(=O)N[C@@H]2CN3CCC2CC3)c2nc[nH]c12. The number of halogens is 1. The van der Waals surface area contributed by atoms with Gasteiger partial charge in [-0.1, -0.05) is 11.6 Å². The van der Waals surface area contributed by atoms with Crippen molar-refractivity contribution in [2.24, 2.45) is 5.92 Å². The Labute approximate surface area is 133 Å². The predicted molar refractivity (Wildman–Crippen MR) is 85.9 cm³/mol. The Bertz CT molecular complexity index is 735. The molecular formula is C15H18ClN5O. The predicted octanol–water partition coefficient (Wildman–Crippen LogP) is 1.62. The quantitative estimate of drug-likeness (QED) is 0.734. The fraction of sp³-hybridized carbons (Fsp3) is 0.467. The molecule has 116 valence electrons. The summed E-state index contributed by atoms with van der Waals surface area (Å²) in [6.45, 7) is 3.23. The number of H-pyrrole nitrogens is 1. The maximum absolute atomic E-state index is 12.7. The van der Waals surface area contributed by atoms with Crippen LogP contribution in [0.25, 0.3) is 11.0 Å². The molecule has 0 unspecified atom stereocenters. The summed E-state index contributed by atoms with van der Waals surface area (Å²) in [7, 11) is 0. The largest absolute Gasteiger partial charge is 0.396 e. The second kappa shape index (κ2) is 5.14. The number of nitrogens with zero attached hydrogens (tertiary/aromatic N) is 2.